The normalized spacial score (nSPS) is 10.8. The zero-order valence-electron chi connectivity index (χ0n) is 10.1. The first-order valence-electron chi connectivity index (χ1n) is 5.66. The van der Waals surface area contributed by atoms with Crippen molar-refractivity contribution >= 4 is 22.1 Å². The maximum absolute atomic E-state index is 11.1. The fourth-order valence-electron chi connectivity index (χ4n) is 1.81. The molecule has 3 rings (SSSR count). The molecule has 0 saturated heterocycles. The number of nitrogens with zero attached hydrogens (tertiary/aromatic N) is 3. The van der Waals surface area contributed by atoms with Crippen LogP contribution in [0.4, 0.5) is 5.82 Å². The van der Waals surface area contributed by atoms with Crippen molar-refractivity contribution in [1.82, 2.24) is 9.38 Å². The van der Waals surface area contributed by atoms with Gasteiger partial charge >= 0.3 is 11.7 Å². The SMILES string of the molecule is O=[N+]([O-])c1c(Oc2cccc(CO)c2)nc2sccn12. The van der Waals surface area contributed by atoms with Crippen LogP contribution in [0.3, 0.4) is 0 Å². The van der Waals surface area contributed by atoms with Crippen LogP contribution in [0.25, 0.3) is 4.96 Å². The zero-order chi connectivity index (χ0) is 14.1. The van der Waals surface area contributed by atoms with Crippen LogP contribution in [0.1, 0.15) is 5.56 Å². The highest BCUT2D eigenvalue weighted by Crippen LogP contribution is 2.33. The Morgan fingerprint density at radius 2 is 2.35 bits per heavy atom. The van der Waals surface area contributed by atoms with Gasteiger partial charge in [0.05, 0.1) is 6.61 Å². The van der Waals surface area contributed by atoms with E-state index in [2.05, 4.69) is 4.98 Å². The molecule has 0 spiro atoms. The molecule has 0 bridgehead atoms. The van der Waals surface area contributed by atoms with Crippen molar-refractivity contribution in [2.75, 3.05) is 0 Å². The molecule has 8 heteroatoms. The molecule has 0 amide bonds. The quantitative estimate of drug-likeness (QED) is 0.589. The summed E-state index contributed by atoms with van der Waals surface area (Å²) < 4.78 is 6.85. The van der Waals surface area contributed by atoms with Crippen molar-refractivity contribution in [2.45, 2.75) is 6.61 Å². The first kappa shape index (κ1) is 12.6. The summed E-state index contributed by atoms with van der Waals surface area (Å²) >= 11 is 1.29. The lowest BCUT2D eigenvalue weighted by Crippen LogP contribution is -1.95. The van der Waals surface area contributed by atoms with Crippen LogP contribution in [0.5, 0.6) is 11.6 Å². The Bertz CT molecular complexity index is 780. The van der Waals surface area contributed by atoms with Crippen LogP contribution in [-0.4, -0.2) is 19.4 Å². The van der Waals surface area contributed by atoms with Gasteiger partial charge in [-0.25, -0.2) is 0 Å². The Labute approximate surface area is 116 Å². The van der Waals surface area contributed by atoms with Crippen LogP contribution in [-0.2, 0) is 6.61 Å². The number of imidazole rings is 1. The summed E-state index contributed by atoms with van der Waals surface area (Å²) in [5.41, 5.74) is 0.658. The molecule has 1 N–H and O–H groups in total. The third-order valence-electron chi connectivity index (χ3n) is 2.67. The van der Waals surface area contributed by atoms with Crippen LogP contribution < -0.4 is 4.74 Å². The van der Waals surface area contributed by atoms with Crippen LogP contribution in [0, 0.1) is 10.1 Å². The number of hydrogen-bond donors (Lipinski definition) is 1. The molecule has 2 heterocycles. The summed E-state index contributed by atoms with van der Waals surface area (Å²) in [6, 6.07) is 6.69. The van der Waals surface area contributed by atoms with Gasteiger partial charge < -0.3 is 20.0 Å². The summed E-state index contributed by atoms with van der Waals surface area (Å²) in [7, 11) is 0. The molecule has 0 fully saturated rings. The van der Waals surface area contributed by atoms with Gasteiger partial charge in [0, 0.05) is 5.38 Å². The maximum atomic E-state index is 11.1. The van der Waals surface area contributed by atoms with Gasteiger partial charge in [-0.2, -0.15) is 9.38 Å². The summed E-state index contributed by atoms with van der Waals surface area (Å²) in [6.07, 6.45) is 1.57. The smallest absolute Gasteiger partial charge is 0.393 e. The summed E-state index contributed by atoms with van der Waals surface area (Å²) in [4.78, 5) is 15.2. The number of thiazole rings is 1. The van der Waals surface area contributed by atoms with Gasteiger partial charge in [0.1, 0.15) is 11.9 Å². The predicted octanol–water partition coefficient (Wildman–Crippen LogP) is 2.59. The van der Waals surface area contributed by atoms with Crippen LogP contribution in [0.2, 0.25) is 0 Å². The van der Waals surface area contributed by atoms with Crippen LogP contribution in [0.15, 0.2) is 35.8 Å². The van der Waals surface area contributed by atoms with E-state index in [1.54, 1.807) is 35.8 Å². The second-order valence-electron chi connectivity index (χ2n) is 3.96. The number of aliphatic hydroxyl groups excluding tert-OH is 1. The lowest BCUT2D eigenvalue weighted by atomic mass is 10.2. The lowest BCUT2D eigenvalue weighted by molar-refractivity contribution is -0.391. The number of aromatic nitrogens is 2. The lowest BCUT2D eigenvalue weighted by Gasteiger charge is -2.03. The topological polar surface area (TPSA) is 89.9 Å². The molecule has 20 heavy (non-hydrogen) atoms. The number of hydrogen-bond acceptors (Lipinski definition) is 6. The summed E-state index contributed by atoms with van der Waals surface area (Å²) in [6.45, 7) is -0.127. The Morgan fingerprint density at radius 1 is 1.50 bits per heavy atom. The molecule has 0 saturated carbocycles. The van der Waals surface area contributed by atoms with Crippen molar-refractivity contribution in [3.63, 3.8) is 0 Å². The Morgan fingerprint density at radius 3 is 3.10 bits per heavy atom. The minimum absolute atomic E-state index is 0.0584. The number of fused-ring (bicyclic) bond motifs is 1. The van der Waals surface area contributed by atoms with Gasteiger partial charge in [-0.1, -0.05) is 23.5 Å². The molecule has 7 nitrogen and oxygen atoms in total. The fraction of sp³-hybridized carbons (Fsp3) is 0.0833. The molecule has 0 aliphatic carbocycles. The third kappa shape index (κ3) is 2.10. The van der Waals surface area contributed by atoms with Gasteiger partial charge in [-0.05, 0) is 22.6 Å². The van der Waals surface area contributed by atoms with E-state index in [1.165, 1.54) is 15.7 Å². The number of benzene rings is 1. The van der Waals surface area contributed by atoms with E-state index in [0.717, 1.165) is 0 Å². The first-order chi connectivity index (χ1) is 9.69. The molecular formula is C12H9N3O4S. The molecule has 1 aromatic carbocycles. The van der Waals surface area contributed by atoms with Gasteiger partial charge in [-0.15, -0.1) is 0 Å². The summed E-state index contributed by atoms with van der Waals surface area (Å²) in [5.74, 6) is 0.123. The molecule has 0 aliphatic rings. The fourth-order valence-corrected chi connectivity index (χ4v) is 2.51. The number of nitro groups is 1. The molecule has 0 atom stereocenters. The Hall–Kier alpha value is -2.45. The van der Waals surface area contributed by atoms with E-state index in [0.29, 0.717) is 16.3 Å². The highest BCUT2D eigenvalue weighted by molar-refractivity contribution is 7.15. The Balaban J connectivity index is 2.03. The average Bonchev–Trinajstić information content (AvgIpc) is 2.98. The highest BCUT2D eigenvalue weighted by atomic mass is 32.1. The average molecular weight is 291 g/mol. The van der Waals surface area contributed by atoms with Gasteiger partial charge in [-0.3, -0.25) is 0 Å². The van der Waals surface area contributed by atoms with E-state index in [9.17, 15) is 10.1 Å². The molecular weight excluding hydrogens is 282 g/mol. The minimum Gasteiger partial charge on any atom is -0.432 e. The third-order valence-corrected chi connectivity index (χ3v) is 3.43. The predicted molar refractivity (Wildman–Crippen MR) is 72.2 cm³/mol. The minimum atomic E-state index is -0.530. The highest BCUT2D eigenvalue weighted by Gasteiger charge is 2.25. The van der Waals surface area contributed by atoms with E-state index < -0.39 is 4.92 Å². The van der Waals surface area contributed by atoms with E-state index >= 15 is 0 Å². The van der Waals surface area contributed by atoms with E-state index in [-0.39, 0.29) is 18.3 Å². The van der Waals surface area contributed by atoms with Crippen molar-refractivity contribution in [2.24, 2.45) is 0 Å². The van der Waals surface area contributed by atoms with Crippen molar-refractivity contribution in [1.29, 1.82) is 0 Å². The number of rotatable bonds is 4. The number of aliphatic hydroxyl groups is 1. The van der Waals surface area contributed by atoms with E-state index in [4.69, 9.17) is 9.84 Å². The Kier molecular flexibility index (Phi) is 3.09. The van der Waals surface area contributed by atoms with Gasteiger partial charge in [0.2, 0.25) is 0 Å². The van der Waals surface area contributed by atoms with Gasteiger partial charge in [0.15, 0.2) is 0 Å². The molecule has 0 unspecified atom stereocenters. The monoisotopic (exact) mass is 291 g/mol. The molecule has 2 aromatic heterocycles. The van der Waals surface area contributed by atoms with E-state index in [1.807, 2.05) is 0 Å². The molecule has 102 valence electrons. The van der Waals surface area contributed by atoms with Crippen LogP contribution >= 0.6 is 11.3 Å². The van der Waals surface area contributed by atoms with Crippen molar-refractivity contribution in [3.8, 4) is 11.6 Å². The van der Waals surface area contributed by atoms with Crippen molar-refractivity contribution < 1.29 is 14.8 Å². The van der Waals surface area contributed by atoms with Crippen molar-refractivity contribution in [3.05, 3.63) is 51.5 Å². The second kappa shape index (κ2) is 4.91. The molecule has 3 aromatic rings. The molecule has 0 radical (unpaired) electrons. The summed E-state index contributed by atoms with van der Waals surface area (Å²) in [5, 5.41) is 21.9. The standard InChI is InChI=1S/C12H9N3O4S/c16-7-8-2-1-3-9(6-8)19-10-11(15(17)18)14-4-5-20-12(14)13-10/h1-6,16H,7H2. The molecule has 0 aliphatic heterocycles. The first-order valence-corrected chi connectivity index (χ1v) is 6.54. The maximum Gasteiger partial charge on any atom is 0.393 e. The van der Waals surface area contributed by atoms with Gasteiger partial charge in [0.25, 0.3) is 4.96 Å². The second-order valence-corrected chi connectivity index (χ2v) is 4.83. The number of ether oxygens (including phenoxy) is 1. The zero-order valence-corrected chi connectivity index (χ0v) is 10.9. The largest absolute Gasteiger partial charge is 0.432 e.